The fourth-order valence-electron chi connectivity index (χ4n) is 3.13. The zero-order chi connectivity index (χ0) is 19.2. The predicted molar refractivity (Wildman–Crippen MR) is 105 cm³/mol. The largest absolute Gasteiger partial charge is 0.336 e. The summed E-state index contributed by atoms with van der Waals surface area (Å²) < 4.78 is 0. The van der Waals surface area contributed by atoms with Gasteiger partial charge in [0, 0.05) is 32.7 Å². The standard InChI is InChI=1S/C21H32N4O/c1-17(2)21(4,16-22)23-20(26)18(3)25-14-12-24(13-15-25)11-10-19-8-6-5-7-9-19/h5-9,17-18H,10-15H2,1-4H3,(H,23,26). The van der Waals surface area contributed by atoms with E-state index in [0.29, 0.717) is 0 Å². The van der Waals surface area contributed by atoms with Crippen LogP contribution in [-0.2, 0) is 11.2 Å². The van der Waals surface area contributed by atoms with Gasteiger partial charge >= 0.3 is 0 Å². The normalized spacial score (nSPS) is 19.5. The highest BCUT2D eigenvalue weighted by Gasteiger charge is 2.33. The van der Waals surface area contributed by atoms with Crippen LogP contribution in [0.15, 0.2) is 30.3 Å². The molecule has 2 unspecified atom stereocenters. The topological polar surface area (TPSA) is 59.4 Å². The van der Waals surface area contributed by atoms with Crippen molar-refractivity contribution in [3.8, 4) is 6.07 Å². The Morgan fingerprint density at radius 1 is 1.19 bits per heavy atom. The maximum absolute atomic E-state index is 12.6. The van der Waals surface area contributed by atoms with Crippen LogP contribution < -0.4 is 5.32 Å². The molecule has 5 heteroatoms. The summed E-state index contributed by atoms with van der Waals surface area (Å²) in [4.78, 5) is 17.3. The lowest BCUT2D eigenvalue weighted by molar-refractivity contribution is -0.128. The Morgan fingerprint density at radius 3 is 2.35 bits per heavy atom. The molecule has 1 N–H and O–H groups in total. The van der Waals surface area contributed by atoms with Crippen LogP contribution in [0, 0.1) is 17.2 Å². The minimum atomic E-state index is -0.817. The van der Waals surface area contributed by atoms with Gasteiger partial charge in [-0.3, -0.25) is 9.69 Å². The van der Waals surface area contributed by atoms with Crippen molar-refractivity contribution in [3.05, 3.63) is 35.9 Å². The number of carbonyl (C=O) groups is 1. The predicted octanol–water partition coefficient (Wildman–Crippen LogP) is 2.29. The fourth-order valence-corrected chi connectivity index (χ4v) is 3.13. The molecule has 5 nitrogen and oxygen atoms in total. The zero-order valence-corrected chi connectivity index (χ0v) is 16.5. The summed E-state index contributed by atoms with van der Waals surface area (Å²) >= 11 is 0. The van der Waals surface area contributed by atoms with Crippen molar-refractivity contribution in [1.29, 1.82) is 5.26 Å². The number of nitrogens with one attached hydrogen (secondary N) is 1. The van der Waals surface area contributed by atoms with Gasteiger partial charge in [0.25, 0.3) is 0 Å². The molecule has 1 fully saturated rings. The van der Waals surface area contributed by atoms with Crippen molar-refractivity contribution in [2.45, 2.75) is 45.7 Å². The highest BCUT2D eigenvalue weighted by molar-refractivity contribution is 5.82. The third kappa shape index (κ3) is 5.30. The summed E-state index contributed by atoms with van der Waals surface area (Å²) in [5.41, 5.74) is 0.551. The quantitative estimate of drug-likeness (QED) is 0.814. The first kappa shape index (κ1) is 20.4. The highest BCUT2D eigenvalue weighted by atomic mass is 16.2. The van der Waals surface area contributed by atoms with Crippen LogP contribution in [0.1, 0.15) is 33.3 Å². The molecule has 0 aromatic heterocycles. The van der Waals surface area contributed by atoms with E-state index in [9.17, 15) is 10.1 Å². The Bertz CT molecular complexity index is 617. The Hall–Kier alpha value is -1.90. The second-order valence-corrected chi connectivity index (χ2v) is 7.75. The number of carbonyl (C=O) groups excluding carboxylic acids is 1. The monoisotopic (exact) mass is 356 g/mol. The summed E-state index contributed by atoms with van der Waals surface area (Å²) in [5, 5.41) is 12.3. The average Bonchev–Trinajstić information content (AvgIpc) is 2.66. The van der Waals surface area contributed by atoms with Gasteiger partial charge in [-0.05, 0) is 31.7 Å². The van der Waals surface area contributed by atoms with Crippen LogP contribution in [-0.4, -0.2) is 60.0 Å². The van der Waals surface area contributed by atoms with Crippen molar-refractivity contribution in [3.63, 3.8) is 0 Å². The molecule has 1 aromatic rings. The lowest BCUT2D eigenvalue weighted by Crippen LogP contribution is -2.58. The number of amides is 1. The SMILES string of the molecule is CC(C(=O)NC(C)(C#N)C(C)C)N1CCN(CCc2ccccc2)CC1. The smallest absolute Gasteiger partial charge is 0.238 e. The number of benzene rings is 1. The molecule has 1 aromatic carbocycles. The van der Waals surface area contributed by atoms with Crippen molar-refractivity contribution in [2.75, 3.05) is 32.7 Å². The number of rotatable bonds is 7. The first-order valence-electron chi connectivity index (χ1n) is 9.59. The average molecular weight is 357 g/mol. The summed E-state index contributed by atoms with van der Waals surface area (Å²) in [6, 6.07) is 12.6. The molecule has 1 heterocycles. The van der Waals surface area contributed by atoms with Crippen LogP contribution in [0.5, 0.6) is 0 Å². The summed E-state index contributed by atoms with van der Waals surface area (Å²) in [6.45, 7) is 12.4. The molecule has 1 saturated heterocycles. The molecule has 0 bridgehead atoms. The number of nitriles is 1. The van der Waals surface area contributed by atoms with E-state index in [4.69, 9.17) is 0 Å². The van der Waals surface area contributed by atoms with E-state index in [1.54, 1.807) is 6.92 Å². The van der Waals surface area contributed by atoms with Crippen molar-refractivity contribution in [1.82, 2.24) is 15.1 Å². The zero-order valence-electron chi connectivity index (χ0n) is 16.5. The third-order valence-electron chi connectivity index (χ3n) is 5.66. The molecule has 142 valence electrons. The molecular weight excluding hydrogens is 324 g/mol. The molecule has 2 atom stereocenters. The van der Waals surface area contributed by atoms with Crippen LogP contribution in [0.25, 0.3) is 0 Å². The van der Waals surface area contributed by atoms with Gasteiger partial charge in [-0.25, -0.2) is 0 Å². The lowest BCUT2D eigenvalue weighted by Gasteiger charge is -2.38. The maximum Gasteiger partial charge on any atom is 0.238 e. The molecule has 0 radical (unpaired) electrons. The molecule has 1 amide bonds. The second kappa shape index (κ2) is 9.16. The Morgan fingerprint density at radius 2 is 1.81 bits per heavy atom. The Labute approximate surface area is 158 Å². The van der Waals surface area contributed by atoms with E-state index in [2.05, 4.69) is 45.5 Å². The summed E-state index contributed by atoms with van der Waals surface area (Å²) in [7, 11) is 0. The van der Waals surface area contributed by atoms with E-state index in [1.165, 1.54) is 5.56 Å². The minimum absolute atomic E-state index is 0.0551. The van der Waals surface area contributed by atoms with Crippen LogP contribution in [0.4, 0.5) is 0 Å². The first-order chi connectivity index (χ1) is 12.4. The van der Waals surface area contributed by atoms with Gasteiger partial charge in [-0.2, -0.15) is 5.26 Å². The van der Waals surface area contributed by atoms with E-state index >= 15 is 0 Å². The second-order valence-electron chi connectivity index (χ2n) is 7.75. The molecule has 26 heavy (non-hydrogen) atoms. The van der Waals surface area contributed by atoms with Gasteiger partial charge in [-0.1, -0.05) is 44.2 Å². The number of hydrogen-bond acceptors (Lipinski definition) is 4. The van der Waals surface area contributed by atoms with Gasteiger partial charge in [-0.15, -0.1) is 0 Å². The van der Waals surface area contributed by atoms with Crippen LogP contribution in [0.2, 0.25) is 0 Å². The summed E-state index contributed by atoms with van der Waals surface area (Å²) in [5.74, 6) is 0.0129. The molecule has 0 saturated carbocycles. The van der Waals surface area contributed by atoms with Crippen LogP contribution >= 0.6 is 0 Å². The maximum atomic E-state index is 12.6. The van der Waals surface area contributed by atoms with Gasteiger partial charge in [0.05, 0.1) is 12.1 Å². The van der Waals surface area contributed by atoms with Crippen molar-refractivity contribution in [2.24, 2.45) is 5.92 Å². The molecule has 2 rings (SSSR count). The van der Waals surface area contributed by atoms with Crippen molar-refractivity contribution >= 4 is 5.91 Å². The van der Waals surface area contributed by atoms with Gasteiger partial charge in [0.2, 0.25) is 5.91 Å². The van der Waals surface area contributed by atoms with Gasteiger partial charge in [0.15, 0.2) is 0 Å². The number of piperazine rings is 1. The van der Waals surface area contributed by atoms with E-state index in [0.717, 1.165) is 39.1 Å². The van der Waals surface area contributed by atoms with Gasteiger partial charge in [0.1, 0.15) is 5.54 Å². The minimum Gasteiger partial charge on any atom is -0.336 e. The molecule has 1 aliphatic rings. The van der Waals surface area contributed by atoms with Gasteiger partial charge < -0.3 is 10.2 Å². The number of nitrogens with zero attached hydrogens (tertiary/aromatic N) is 3. The fraction of sp³-hybridized carbons (Fsp3) is 0.619. The first-order valence-corrected chi connectivity index (χ1v) is 9.59. The lowest BCUT2D eigenvalue weighted by atomic mass is 9.89. The van der Waals surface area contributed by atoms with E-state index in [1.807, 2.05) is 26.8 Å². The molecule has 1 aliphatic heterocycles. The number of hydrogen-bond donors (Lipinski definition) is 1. The third-order valence-corrected chi connectivity index (χ3v) is 5.66. The molecular formula is C21H32N4O. The Kier molecular flexibility index (Phi) is 7.19. The van der Waals surface area contributed by atoms with Crippen molar-refractivity contribution < 1.29 is 4.79 Å². The van der Waals surface area contributed by atoms with E-state index < -0.39 is 5.54 Å². The highest BCUT2D eigenvalue weighted by Crippen LogP contribution is 2.16. The van der Waals surface area contributed by atoms with Crippen LogP contribution in [0.3, 0.4) is 0 Å². The molecule has 0 spiro atoms. The van der Waals surface area contributed by atoms with E-state index in [-0.39, 0.29) is 17.9 Å². The molecule has 0 aliphatic carbocycles. The summed E-state index contributed by atoms with van der Waals surface area (Å²) in [6.07, 6.45) is 1.06. The Balaban J connectivity index is 1.79.